The van der Waals surface area contributed by atoms with Crippen molar-refractivity contribution in [1.29, 1.82) is 0 Å². The maximum Gasteiger partial charge on any atom is 0.253 e. The molecule has 0 saturated carbocycles. The Bertz CT molecular complexity index is 778. The van der Waals surface area contributed by atoms with Crippen LogP contribution in [0, 0.1) is 0 Å². The smallest absolute Gasteiger partial charge is 0.253 e. The van der Waals surface area contributed by atoms with Crippen LogP contribution >= 0.6 is 0 Å². The van der Waals surface area contributed by atoms with Crippen molar-refractivity contribution in [2.45, 2.75) is 31.7 Å². The quantitative estimate of drug-likeness (QED) is 0.278. The number of hydroxylamine groups is 1. The van der Waals surface area contributed by atoms with Gasteiger partial charge in [0.25, 0.3) is 5.91 Å². The Morgan fingerprint density at radius 1 is 1.10 bits per heavy atom. The standard InChI is InChI=1S/C22H31N3O5/c1-15(21(23-2)24-29)25(3)22(28)18-6-4-16(5-7-18)17-8-10-20(11-9-17)30-13-12-19(27)14-26/h4-11,15,19,21,23-24,26-27,29H,12-14H2,1-3H3. The predicted molar refractivity (Wildman–Crippen MR) is 114 cm³/mol. The van der Waals surface area contributed by atoms with Crippen molar-refractivity contribution in [2.75, 3.05) is 27.3 Å². The van der Waals surface area contributed by atoms with E-state index in [-0.39, 0.29) is 18.6 Å². The van der Waals surface area contributed by atoms with Gasteiger partial charge in [0.15, 0.2) is 0 Å². The molecular formula is C22H31N3O5. The lowest BCUT2D eigenvalue weighted by molar-refractivity contribution is 0.0493. The first-order valence-corrected chi connectivity index (χ1v) is 9.87. The summed E-state index contributed by atoms with van der Waals surface area (Å²) >= 11 is 0. The van der Waals surface area contributed by atoms with E-state index < -0.39 is 12.3 Å². The normalized spacial score (nSPS) is 14.1. The molecule has 2 aromatic carbocycles. The van der Waals surface area contributed by atoms with E-state index in [1.165, 1.54) is 0 Å². The Morgan fingerprint density at radius 2 is 1.67 bits per heavy atom. The third-order valence-electron chi connectivity index (χ3n) is 5.11. The van der Waals surface area contributed by atoms with Crippen LogP contribution in [0.1, 0.15) is 23.7 Å². The second-order valence-corrected chi connectivity index (χ2v) is 7.13. The van der Waals surface area contributed by atoms with Crippen LogP contribution in [0.2, 0.25) is 0 Å². The van der Waals surface area contributed by atoms with Crippen molar-refractivity contribution in [3.05, 3.63) is 54.1 Å². The highest BCUT2D eigenvalue weighted by molar-refractivity contribution is 5.94. The highest BCUT2D eigenvalue weighted by atomic mass is 16.5. The Morgan fingerprint density at radius 3 is 2.17 bits per heavy atom. The average molecular weight is 418 g/mol. The van der Waals surface area contributed by atoms with Crippen LogP contribution in [-0.4, -0.2) is 71.8 Å². The minimum absolute atomic E-state index is 0.140. The summed E-state index contributed by atoms with van der Waals surface area (Å²) in [6, 6.07) is 14.6. The van der Waals surface area contributed by atoms with E-state index in [0.717, 1.165) is 11.1 Å². The van der Waals surface area contributed by atoms with Crippen LogP contribution in [0.3, 0.4) is 0 Å². The molecule has 0 fully saturated rings. The number of benzene rings is 2. The van der Waals surface area contributed by atoms with Crippen LogP contribution < -0.4 is 15.5 Å². The molecule has 0 bridgehead atoms. The van der Waals surface area contributed by atoms with Gasteiger partial charge < -0.3 is 30.4 Å². The van der Waals surface area contributed by atoms with Crippen LogP contribution in [-0.2, 0) is 0 Å². The van der Waals surface area contributed by atoms with Crippen LogP contribution in [0.15, 0.2) is 48.5 Å². The van der Waals surface area contributed by atoms with Gasteiger partial charge in [-0.3, -0.25) is 4.79 Å². The highest BCUT2D eigenvalue weighted by Crippen LogP contribution is 2.23. The largest absolute Gasteiger partial charge is 0.493 e. The molecule has 8 heteroatoms. The van der Waals surface area contributed by atoms with Gasteiger partial charge in [-0.2, -0.15) is 5.48 Å². The fourth-order valence-electron chi connectivity index (χ4n) is 2.98. The van der Waals surface area contributed by atoms with Crippen molar-refractivity contribution in [2.24, 2.45) is 0 Å². The van der Waals surface area contributed by atoms with E-state index >= 15 is 0 Å². The number of carbonyl (C=O) groups is 1. The third-order valence-corrected chi connectivity index (χ3v) is 5.11. The van der Waals surface area contributed by atoms with Crippen LogP contribution in [0.25, 0.3) is 11.1 Å². The van der Waals surface area contributed by atoms with Gasteiger partial charge in [0.05, 0.1) is 25.4 Å². The zero-order chi connectivity index (χ0) is 22.1. The molecule has 3 unspecified atom stereocenters. The summed E-state index contributed by atoms with van der Waals surface area (Å²) in [5.74, 6) is 0.543. The summed E-state index contributed by atoms with van der Waals surface area (Å²) in [4.78, 5) is 14.3. The summed E-state index contributed by atoms with van der Waals surface area (Å²) < 4.78 is 5.56. The van der Waals surface area contributed by atoms with Gasteiger partial charge in [0.1, 0.15) is 11.9 Å². The molecule has 5 N–H and O–H groups in total. The first kappa shape index (κ1) is 23.8. The van der Waals surface area contributed by atoms with Crippen LogP contribution in [0.5, 0.6) is 5.75 Å². The Balaban J connectivity index is 2.00. The Hall–Kier alpha value is -2.49. The summed E-state index contributed by atoms with van der Waals surface area (Å²) in [5, 5.41) is 30.2. The molecule has 0 saturated heterocycles. The van der Waals surface area contributed by atoms with Crippen molar-refractivity contribution in [3.63, 3.8) is 0 Å². The van der Waals surface area contributed by atoms with E-state index in [2.05, 4.69) is 10.8 Å². The molecule has 0 aliphatic carbocycles. The molecule has 2 rings (SSSR count). The number of carbonyl (C=O) groups excluding carboxylic acids is 1. The first-order valence-electron chi connectivity index (χ1n) is 9.87. The highest BCUT2D eigenvalue weighted by Gasteiger charge is 2.23. The number of hydrogen-bond acceptors (Lipinski definition) is 7. The van der Waals surface area contributed by atoms with Gasteiger partial charge in [0, 0.05) is 19.0 Å². The number of nitrogens with one attached hydrogen (secondary N) is 2. The van der Waals surface area contributed by atoms with Gasteiger partial charge in [0.2, 0.25) is 0 Å². The second kappa shape index (κ2) is 11.6. The van der Waals surface area contributed by atoms with E-state index in [4.69, 9.17) is 9.84 Å². The number of rotatable bonds is 11. The molecule has 0 radical (unpaired) electrons. The van der Waals surface area contributed by atoms with Gasteiger partial charge in [-0.15, -0.1) is 0 Å². The number of ether oxygens (including phenoxy) is 1. The van der Waals surface area contributed by atoms with E-state index in [1.807, 2.05) is 43.3 Å². The zero-order valence-electron chi connectivity index (χ0n) is 17.6. The number of aliphatic hydroxyl groups excluding tert-OH is 2. The molecule has 164 valence electrons. The van der Waals surface area contributed by atoms with Gasteiger partial charge in [-0.05, 0) is 49.4 Å². The fourth-order valence-corrected chi connectivity index (χ4v) is 2.98. The monoisotopic (exact) mass is 417 g/mol. The molecule has 0 aliphatic heterocycles. The van der Waals surface area contributed by atoms with Crippen molar-refractivity contribution < 1.29 is 25.0 Å². The lowest BCUT2D eigenvalue weighted by Crippen LogP contribution is -2.54. The SMILES string of the molecule is CNC(NO)C(C)N(C)C(=O)c1ccc(-c2ccc(OCCC(O)CO)cc2)cc1. The molecule has 30 heavy (non-hydrogen) atoms. The lowest BCUT2D eigenvalue weighted by Gasteiger charge is -2.31. The fraction of sp³-hybridized carbons (Fsp3) is 0.409. The third kappa shape index (κ3) is 6.25. The molecular weight excluding hydrogens is 386 g/mol. The number of amides is 1. The predicted octanol–water partition coefficient (Wildman–Crippen LogP) is 1.46. The van der Waals surface area contributed by atoms with Gasteiger partial charge >= 0.3 is 0 Å². The average Bonchev–Trinajstić information content (AvgIpc) is 2.79. The number of likely N-dealkylation sites (N-methyl/N-ethyl adjacent to an activating group) is 2. The van der Waals surface area contributed by atoms with Crippen molar-refractivity contribution >= 4 is 5.91 Å². The summed E-state index contributed by atoms with van der Waals surface area (Å²) in [5.41, 5.74) is 4.67. The lowest BCUT2D eigenvalue weighted by atomic mass is 10.0. The zero-order valence-corrected chi connectivity index (χ0v) is 17.6. The van der Waals surface area contributed by atoms with Gasteiger partial charge in [-0.25, -0.2) is 0 Å². The maximum atomic E-state index is 12.7. The molecule has 0 aromatic heterocycles. The minimum Gasteiger partial charge on any atom is -0.493 e. The van der Waals surface area contributed by atoms with Gasteiger partial charge in [-0.1, -0.05) is 24.3 Å². The van der Waals surface area contributed by atoms with Crippen molar-refractivity contribution in [1.82, 2.24) is 15.7 Å². The Kier molecular flexibility index (Phi) is 9.22. The molecule has 0 spiro atoms. The van der Waals surface area contributed by atoms with Crippen LogP contribution in [0.4, 0.5) is 0 Å². The summed E-state index contributed by atoms with van der Waals surface area (Å²) in [6.07, 6.45) is -0.841. The molecule has 3 atom stereocenters. The Labute approximate surface area is 177 Å². The number of hydrogen-bond donors (Lipinski definition) is 5. The summed E-state index contributed by atoms with van der Waals surface area (Å²) in [7, 11) is 3.40. The van der Waals surface area contributed by atoms with E-state index in [0.29, 0.717) is 24.3 Å². The first-order chi connectivity index (χ1) is 14.4. The topological polar surface area (TPSA) is 114 Å². The number of aliphatic hydroxyl groups is 2. The van der Waals surface area contributed by atoms with E-state index in [9.17, 15) is 15.1 Å². The molecule has 2 aromatic rings. The molecule has 8 nitrogen and oxygen atoms in total. The molecule has 1 amide bonds. The molecule has 0 aliphatic rings. The minimum atomic E-state index is -0.767. The summed E-state index contributed by atoms with van der Waals surface area (Å²) in [6.45, 7) is 1.89. The van der Waals surface area contributed by atoms with Crippen molar-refractivity contribution in [3.8, 4) is 16.9 Å². The maximum absolute atomic E-state index is 12.7. The van der Waals surface area contributed by atoms with E-state index in [1.54, 1.807) is 31.1 Å². The molecule has 0 heterocycles. The number of nitrogens with zero attached hydrogens (tertiary/aromatic N) is 1. The second-order valence-electron chi connectivity index (χ2n) is 7.13.